The standard InChI is InChI=1S/C15H13F3O3S/c1-9(10-5-3-4-6-11(10)15(16,17)18)21-12-7-8-22-13(12)14(19)20-2/h3-9H,1-2H3. The van der Waals surface area contributed by atoms with Crippen LogP contribution >= 0.6 is 11.3 Å². The van der Waals surface area contributed by atoms with Gasteiger partial charge in [0.15, 0.2) is 4.88 Å². The molecule has 118 valence electrons. The summed E-state index contributed by atoms with van der Waals surface area (Å²) in [5, 5.41) is 1.62. The number of esters is 1. The predicted octanol–water partition coefficient (Wildman–Crippen LogP) is 4.69. The van der Waals surface area contributed by atoms with Gasteiger partial charge in [-0.2, -0.15) is 13.2 Å². The van der Waals surface area contributed by atoms with Crippen LogP contribution in [0.4, 0.5) is 13.2 Å². The maximum absolute atomic E-state index is 13.0. The van der Waals surface area contributed by atoms with Crippen LogP contribution < -0.4 is 4.74 Å². The van der Waals surface area contributed by atoms with E-state index in [1.807, 2.05) is 0 Å². The number of hydrogen-bond donors (Lipinski definition) is 0. The minimum absolute atomic E-state index is 0.0111. The van der Waals surface area contributed by atoms with Crippen molar-refractivity contribution in [2.45, 2.75) is 19.2 Å². The van der Waals surface area contributed by atoms with Crippen molar-refractivity contribution in [2.24, 2.45) is 0 Å². The maximum atomic E-state index is 13.0. The van der Waals surface area contributed by atoms with Crippen LogP contribution in [0.1, 0.15) is 33.8 Å². The van der Waals surface area contributed by atoms with Crippen LogP contribution in [-0.4, -0.2) is 13.1 Å². The third-order valence-corrected chi connectivity index (χ3v) is 3.88. The van der Waals surface area contributed by atoms with Crippen LogP contribution in [0.3, 0.4) is 0 Å². The van der Waals surface area contributed by atoms with Gasteiger partial charge in [0, 0.05) is 5.56 Å². The number of hydrogen-bond acceptors (Lipinski definition) is 4. The monoisotopic (exact) mass is 330 g/mol. The number of carbonyl (C=O) groups excluding carboxylic acids is 1. The summed E-state index contributed by atoms with van der Waals surface area (Å²) in [7, 11) is 1.23. The van der Waals surface area contributed by atoms with Crippen molar-refractivity contribution in [1.29, 1.82) is 0 Å². The molecular formula is C15H13F3O3S. The van der Waals surface area contributed by atoms with E-state index in [-0.39, 0.29) is 16.2 Å². The molecule has 0 spiro atoms. The average Bonchev–Trinajstić information content (AvgIpc) is 2.93. The van der Waals surface area contributed by atoms with Crippen LogP contribution in [0.2, 0.25) is 0 Å². The van der Waals surface area contributed by atoms with Gasteiger partial charge >= 0.3 is 12.1 Å². The van der Waals surface area contributed by atoms with E-state index >= 15 is 0 Å². The second-order valence-corrected chi connectivity index (χ2v) is 5.37. The highest BCUT2D eigenvalue weighted by Crippen LogP contribution is 2.37. The Morgan fingerprint density at radius 3 is 2.55 bits per heavy atom. The molecule has 0 saturated carbocycles. The molecule has 1 unspecified atom stereocenters. The zero-order chi connectivity index (χ0) is 16.3. The first-order valence-corrected chi connectivity index (χ1v) is 7.21. The van der Waals surface area contributed by atoms with Crippen LogP contribution in [0.5, 0.6) is 5.75 Å². The Morgan fingerprint density at radius 2 is 1.91 bits per heavy atom. The highest BCUT2D eigenvalue weighted by atomic mass is 32.1. The molecule has 0 fully saturated rings. The van der Waals surface area contributed by atoms with Crippen molar-refractivity contribution in [3.8, 4) is 5.75 Å². The van der Waals surface area contributed by atoms with Crippen molar-refractivity contribution in [3.63, 3.8) is 0 Å². The Balaban J connectivity index is 2.29. The van der Waals surface area contributed by atoms with Crippen LogP contribution in [0.15, 0.2) is 35.7 Å². The molecule has 0 radical (unpaired) electrons. The number of carbonyl (C=O) groups is 1. The first-order chi connectivity index (χ1) is 10.3. The van der Waals surface area contributed by atoms with E-state index in [0.717, 1.165) is 17.4 Å². The lowest BCUT2D eigenvalue weighted by Gasteiger charge is -2.19. The van der Waals surface area contributed by atoms with Gasteiger partial charge in [-0.15, -0.1) is 11.3 Å². The number of halogens is 3. The molecule has 1 aromatic heterocycles. The van der Waals surface area contributed by atoms with E-state index in [2.05, 4.69) is 4.74 Å². The van der Waals surface area contributed by atoms with Gasteiger partial charge in [0.05, 0.1) is 12.7 Å². The van der Waals surface area contributed by atoms with Crippen LogP contribution in [0, 0.1) is 0 Å². The number of ether oxygens (including phenoxy) is 2. The molecule has 0 amide bonds. The lowest BCUT2D eigenvalue weighted by atomic mass is 10.0. The third-order valence-electron chi connectivity index (χ3n) is 3.01. The highest BCUT2D eigenvalue weighted by molar-refractivity contribution is 7.12. The fourth-order valence-corrected chi connectivity index (χ4v) is 2.74. The van der Waals surface area contributed by atoms with Gasteiger partial charge in [-0.3, -0.25) is 0 Å². The molecule has 0 N–H and O–H groups in total. The highest BCUT2D eigenvalue weighted by Gasteiger charge is 2.34. The van der Waals surface area contributed by atoms with Gasteiger partial charge in [-0.05, 0) is 24.4 Å². The molecule has 22 heavy (non-hydrogen) atoms. The second-order valence-electron chi connectivity index (χ2n) is 4.45. The Kier molecular flexibility index (Phi) is 4.75. The Bertz CT molecular complexity index is 664. The third kappa shape index (κ3) is 3.41. The lowest BCUT2D eigenvalue weighted by Crippen LogP contribution is -2.14. The molecule has 7 heteroatoms. The summed E-state index contributed by atoms with van der Waals surface area (Å²) in [6.45, 7) is 1.50. The number of benzene rings is 1. The number of rotatable bonds is 4. The van der Waals surface area contributed by atoms with Gasteiger partial charge < -0.3 is 9.47 Å². The summed E-state index contributed by atoms with van der Waals surface area (Å²) in [5.41, 5.74) is -0.741. The summed E-state index contributed by atoms with van der Waals surface area (Å²) in [6.07, 6.45) is -5.33. The fourth-order valence-electron chi connectivity index (χ4n) is 2.00. The Morgan fingerprint density at radius 1 is 1.23 bits per heavy atom. The summed E-state index contributed by atoms with van der Waals surface area (Å²) in [4.78, 5) is 11.8. The second kappa shape index (κ2) is 6.39. The van der Waals surface area contributed by atoms with Gasteiger partial charge in [-0.1, -0.05) is 18.2 Å². The SMILES string of the molecule is COC(=O)c1sccc1OC(C)c1ccccc1C(F)(F)F. The van der Waals surface area contributed by atoms with Gasteiger partial charge in [0.1, 0.15) is 11.9 Å². The van der Waals surface area contributed by atoms with Gasteiger partial charge in [0.25, 0.3) is 0 Å². The quantitative estimate of drug-likeness (QED) is 0.763. The molecule has 2 aromatic rings. The molecule has 1 heterocycles. The average molecular weight is 330 g/mol. The Hall–Kier alpha value is -2.02. The molecule has 0 aliphatic heterocycles. The maximum Gasteiger partial charge on any atom is 0.416 e. The molecule has 0 bridgehead atoms. The summed E-state index contributed by atoms with van der Waals surface area (Å²) >= 11 is 1.11. The van der Waals surface area contributed by atoms with Crippen molar-refractivity contribution in [1.82, 2.24) is 0 Å². The molecule has 1 aromatic carbocycles. The van der Waals surface area contributed by atoms with Crippen molar-refractivity contribution < 1.29 is 27.4 Å². The first kappa shape index (κ1) is 16.4. The normalized spacial score (nSPS) is 12.8. The summed E-state index contributed by atoms with van der Waals surface area (Å²) in [6, 6.07) is 6.73. The van der Waals surface area contributed by atoms with Gasteiger partial charge in [0.2, 0.25) is 0 Å². The molecule has 0 aliphatic rings. The van der Waals surface area contributed by atoms with E-state index in [0.29, 0.717) is 0 Å². The molecule has 1 atom stereocenters. The van der Waals surface area contributed by atoms with E-state index in [1.165, 1.54) is 38.3 Å². The van der Waals surface area contributed by atoms with E-state index in [4.69, 9.17) is 4.74 Å². The number of alkyl halides is 3. The fraction of sp³-hybridized carbons (Fsp3) is 0.267. The minimum Gasteiger partial charge on any atom is -0.484 e. The zero-order valence-corrected chi connectivity index (χ0v) is 12.6. The Labute approximate surface area is 129 Å². The molecule has 3 nitrogen and oxygen atoms in total. The minimum atomic E-state index is -4.46. The number of thiophene rings is 1. The summed E-state index contributed by atoms with van der Waals surface area (Å²) < 4.78 is 49.2. The van der Waals surface area contributed by atoms with Crippen molar-refractivity contribution in [3.05, 3.63) is 51.7 Å². The van der Waals surface area contributed by atoms with Crippen LogP contribution in [-0.2, 0) is 10.9 Å². The molecular weight excluding hydrogens is 317 g/mol. The van der Waals surface area contributed by atoms with Crippen molar-refractivity contribution in [2.75, 3.05) is 7.11 Å². The number of methoxy groups -OCH3 is 1. The molecule has 2 rings (SSSR count). The smallest absolute Gasteiger partial charge is 0.416 e. The van der Waals surface area contributed by atoms with E-state index in [9.17, 15) is 18.0 Å². The topological polar surface area (TPSA) is 35.5 Å². The zero-order valence-electron chi connectivity index (χ0n) is 11.8. The van der Waals surface area contributed by atoms with Crippen LogP contribution in [0.25, 0.3) is 0 Å². The van der Waals surface area contributed by atoms with Gasteiger partial charge in [-0.25, -0.2) is 4.79 Å². The largest absolute Gasteiger partial charge is 0.484 e. The summed E-state index contributed by atoms with van der Waals surface area (Å²) in [5.74, 6) is -0.373. The van der Waals surface area contributed by atoms with E-state index in [1.54, 1.807) is 5.38 Å². The lowest BCUT2D eigenvalue weighted by molar-refractivity contribution is -0.138. The predicted molar refractivity (Wildman–Crippen MR) is 76.1 cm³/mol. The molecule has 0 aliphatic carbocycles. The van der Waals surface area contributed by atoms with Crippen molar-refractivity contribution >= 4 is 17.3 Å². The molecule has 0 saturated heterocycles. The first-order valence-electron chi connectivity index (χ1n) is 6.33. The van der Waals surface area contributed by atoms with E-state index < -0.39 is 23.8 Å².